The zero-order valence-corrected chi connectivity index (χ0v) is 21.6. The molecule has 0 heterocycles. The molecule has 1 amide bonds. The minimum Gasteiger partial charge on any atom is -0.394 e. The van der Waals surface area contributed by atoms with Crippen LogP contribution < -0.4 is 5.32 Å². The molecule has 0 aliphatic carbocycles. The molecule has 0 aliphatic heterocycles. The van der Waals surface area contributed by atoms with Crippen molar-refractivity contribution in [3.8, 4) is 0 Å². The molecule has 190 valence electrons. The molecule has 0 fully saturated rings. The molecule has 0 saturated heterocycles. The molecular weight excluding hydrogens is 461 g/mol. The first-order valence-electron chi connectivity index (χ1n) is 12.6. The highest BCUT2D eigenvalue weighted by atomic mass is 35.5. The molecule has 3 atom stereocenters. The average Bonchev–Trinajstić information content (AvgIpc) is 2.80. The topological polar surface area (TPSA) is 89.8 Å². The van der Waals surface area contributed by atoms with Gasteiger partial charge in [0.1, 0.15) is 6.10 Å². The lowest BCUT2D eigenvalue weighted by Crippen LogP contribution is -2.51. The minimum absolute atomic E-state index is 0.0367. The molecule has 1 aromatic carbocycles. The zero-order valence-electron chi connectivity index (χ0n) is 20.1. The van der Waals surface area contributed by atoms with E-state index in [4.69, 9.17) is 23.2 Å². The SMILES string of the molecule is CCCCCCCCCCCCCCC(O)C(O)C(CO)NC(=O)Cc1ccc(Cl)c(Cl)c1. The Morgan fingerprint density at radius 3 is 1.94 bits per heavy atom. The Kier molecular flexibility index (Phi) is 16.9. The van der Waals surface area contributed by atoms with Gasteiger partial charge in [-0.2, -0.15) is 0 Å². The summed E-state index contributed by atoms with van der Waals surface area (Å²) in [5.74, 6) is -0.371. The number of benzene rings is 1. The monoisotopic (exact) mass is 503 g/mol. The number of hydrogen-bond acceptors (Lipinski definition) is 4. The summed E-state index contributed by atoms with van der Waals surface area (Å²) >= 11 is 11.9. The lowest BCUT2D eigenvalue weighted by molar-refractivity contribution is -0.123. The summed E-state index contributed by atoms with van der Waals surface area (Å²) in [6, 6.07) is 3.99. The van der Waals surface area contributed by atoms with Crippen LogP contribution >= 0.6 is 23.2 Å². The van der Waals surface area contributed by atoms with Crippen molar-refractivity contribution in [3.05, 3.63) is 33.8 Å². The van der Waals surface area contributed by atoms with Crippen LogP contribution in [0.2, 0.25) is 10.0 Å². The van der Waals surface area contributed by atoms with Gasteiger partial charge in [-0.05, 0) is 24.1 Å². The third kappa shape index (κ3) is 13.6. The Morgan fingerprint density at radius 2 is 1.42 bits per heavy atom. The molecule has 0 spiro atoms. The number of nitrogens with one attached hydrogen (secondary N) is 1. The normalized spacial score (nSPS) is 14.1. The number of rotatable bonds is 19. The third-order valence-corrected chi connectivity index (χ3v) is 6.79. The molecule has 0 aliphatic rings. The number of aliphatic hydroxyl groups is 3. The molecule has 1 aromatic rings. The van der Waals surface area contributed by atoms with Crippen LogP contribution in [-0.2, 0) is 11.2 Å². The smallest absolute Gasteiger partial charge is 0.224 e. The molecule has 5 nitrogen and oxygen atoms in total. The molecule has 33 heavy (non-hydrogen) atoms. The van der Waals surface area contributed by atoms with Gasteiger partial charge in [0.05, 0.1) is 35.2 Å². The van der Waals surface area contributed by atoms with Crippen LogP contribution in [0, 0.1) is 0 Å². The number of amides is 1. The Balaban J connectivity index is 2.19. The molecule has 0 aromatic heterocycles. The van der Waals surface area contributed by atoms with Gasteiger partial charge in [0.15, 0.2) is 0 Å². The van der Waals surface area contributed by atoms with Crippen LogP contribution in [0.5, 0.6) is 0 Å². The summed E-state index contributed by atoms with van der Waals surface area (Å²) in [6.07, 6.45) is 13.0. The van der Waals surface area contributed by atoms with Crippen LogP contribution in [0.3, 0.4) is 0 Å². The Bertz CT molecular complexity index is 659. The van der Waals surface area contributed by atoms with Crippen LogP contribution in [0.15, 0.2) is 18.2 Å². The average molecular weight is 505 g/mol. The van der Waals surface area contributed by atoms with Gasteiger partial charge in [-0.1, -0.05) is 113 Å². The summed E-state index contributed by atoms with van der Waals surface area (Å²) in [7, 11) is 0. The highest BCUT2D eigenvalue weighted by Gasteiger charge is 2.27. The van der Waals surface area contributed by atoms with Gasteiger partial charge >= 0.3 is 0 Å². The second-order valence-corrected chi connectivity index (χ2v) is 9.83. The summed E-state index contributed by atoms with van der Waals surface area (Å²) in [6.45, 7) is 1.79. The van der Waals surface area contributed by atoms with Crippen molar-refractivity contribution in [1.82, 2.24) is 5.32 Å². The van der Waals surface area contributed by atoms with E-state index >= 15 is 0 Å². The van der Waals surface area contributed by atoms with Crippen molar-refractivity contribution in [3.63, 3.8) is 0 Å². The number of hydrogen-bond donors (Lipinski definition) is 4. The fourth-order valence-electron chi connectivity index (χ4n) is 3.97. The number of carbonyl (C=O) groups is 1. The molecule has 0 saturated carbocycles. The second-order valence-electron chi connectivity index (χ2n) is 9.02. The largest absolute Gasteiger partial charge is 0.394 e. The van der Waals surface area contributed by atoms with E-state index < -0.39 is 24.9 Å². The molecule has 0 radical (unpaired) electrons. The van der Waals surface area contributed by atoms with Gasteiger partial charge in [-0.25, -0.2) is 0 Å². The number of unbranched alkanes of at least 4 members (excludes halogenated alkanes) is 11. The molecule has 3 unspecified atom stereocenters. The van der Waals surface area contributed by atoms with Crippen molar-refractivity contribution < 1.29 is 20.1 Å². The lowest BCUT2D eigenvalue weighted by Gasteiger charge is -2.26. The molecule has 7 heteroatoms. The standard InChI is InChI=1S/C26H43Cl2NO4/c1-2-3-4-5-6-7-8-9-10-11-12-13-14-24(31)26(33)23(19-30)29-25(32)18-20-15-16-21(27)22(28)17-20/h15-17,23-24,26,30-31,33H,2-14,18-19H2,1H3,(H,29,32). The van der Waals surface area contributed by atoms with E-state index in [1.165, 1.54) is 57.8 Å². The molecular formula is C26H43Cl2NO4. The van der Waals surface area contributed by atoms with Gasteiger partial charge < -0.3 is 20.6 Å². The van der Waals surface area contributed by atoms with Crippen molar-refractivity contribution in [2.24, 2.45) is 0 Å². The highest BCUT2D eigenvalue weighted by Crippen LogP contribution is 2.23. The second kappa shape index (κ2) is 18.5. The summed E-state index contributed by atoms with van der Waals surface area (Å²) < 4.78 is 0. The first-order chi connectivity index (χ1) is 15.9. The van der Waals surface area contributed by atoms with E-state index in [1.807, 2.05) is 0 Å². The lowest BCUT2D eigenvalue weighted by atomic mass is 9.99. The van der Waals surface area contributed by atoms with Crippen LogP contribution in [0.4, 0.5) is 0 Å². The summed E-state index contributed by atoms with van der Waals surface area (Å²) in [4.78, 5) is 12.3. The van der Waals surface area contributed by atoms with Gasteiger partial charge in [-0.3, -0.25) is 4.79 Å². The van der Waals surface area contributed by atoms with Crippen molar-refractivity contribution in [2.75, 3.05) is 6.61 Å². The van der Waals surface area contributed by atoms with Gasteiger partial charge in [0.25, 0.3) is 0 Å². The maximum atomic E-state index is 12.3. The van der Waals surface area contributed by atoms with E-state index in [9.17, 15) is 20.1 Å². The highest BCUT2D eigenvalue weighted by molar-refractivity contribution is 6.42. The Hall–Kier alpha value is -0.850. The molecule has 0 bridgehead atoms. The van der Waals surface area contributed by atoms with E-state index in [-0.39, 0.29) is 12.3 Å². The third-order valence-electron chi connectivity index (χ3n) is 6.05. The Morgan fingerprint density at radius 1 is 0.879 bits per heavy atom. The first kappa shape index (κ1) is 30.2. The predicted molar refractivity (Wildman–Crippen MR) is 137 cm³/mol. The van der Waals surface area contributed by atoms with E-state index in [0.29, 0.717) is 22.0 Å². The van der Waals surface area contributed by atoms with Crippen LogP contribution in [-0.4, -0.2) is 46.1 Å². The van der Waals surface area contributed by atoms with Crippen LogP contribution in [0.25, 0.3) is 0 Å². The first-order valence-corrected chi connectivity index (χ1v) is 13.3. The van der Waals surface area contributed by atoms with Gasteiger partial charge in [-0.15, -0.1) is 0 Å². The zero-order chi connectivity index (χ0) is 24.5. The van der Waals surface area contributed by atoms with E-state index in [0.717, 1.165) is 19.3 Å². The number of halogens is 2. The maximum Gasteiger partial charge on any atom is 0.224 e. The fraction of sp³-hybridized carbons (Fsp3) is 0.731. The number of aliphatic hydroxyl groups excluding tert-OH is 3. The Labute approximate surface area is 209 Å². The summed E-state index contributed by atoms with van der Waals surface area (Å²) in [5.41, 5.74) is 0.671. The van der Waals surface area contributed by atoms with Crippen LogP contribution in [0.1, 0.15) is 96.0 Å². The van der Waals surface area contributed by atoms with Gasteiger partial charge in [0.2, 0.25) is 5.91 Å². The minimum atomic E-state index is -1.22. The van der Waals surface area contributed by atoms with Crippen molar-refractivity contribution in [1.29, 1.82) is 0 Å². The van der Waals surface area contributed by atoms with Gasteiger partial charge in [0, 0.05) is 0 Å². The van der Waals surface area contributed by atoms with Crippen molar-refractivity contribution in [2.45, 2.75) is 115 Å². The van der Waals surface area contributed by atoms with Crippen molar-refractivity contribution >= 4 is 29.1 Å². The predicted octanol–water partition coefficient (Wildman–Crippen LogP) is 5.83. The molecule has 4 N–H and O–H groups in total. The number of carbonyl (C=O) groups excluding carboxylic acids is 1. The van der Waals surface area contributed by atoms with E-state index in [2.05, 4.69) is 12.2 Å². The fourth-order valence-corrected chi connectivity index (χ4v) is 4.29. The summed E-state index contributed by atoms with van der Waals surface area (Å²) in [5, 5.41) is 33.7. The maximum absolute atomic E-state index is 12.3. The van der Waals surface area contributed by atoms with E-state index in [1.54, 1.807) is 18.2 Å². The quantitative estimate of drug-likeness (QED) is 0.179. The molecule has 1 rings (SSSR count).